The number of rotatable bonds is 3. The van der Waals surface area contributed by atoms with Crippen LogP contribution < -0.4 is 4.90 Å². The Bertz CT molecular complexity index is 655. The third kappa shape index (κ3) is 4.21. The highest BCUT2D eigenvalue weighted by molar-refractivity contribution is 5.92. The molecule has 0 atom stereocenters. The van der Waals surface area contributed by atoms with Crippen LogP contribution in [0.25, 0.3) is 0 Å². The van der Waals surface area contributed by atoms with Crippen molar-refractivity contribution in [1.82, 2.24) is 19.8 Å². The molecule has 3 heterocycles. The second kappa shape index (κ2) is 8.31. The maximum Gasteiger partial charge on any atom is 0.409 e. The van der Waals surface area contributed by atoms with Gasteiger partial charge in [-0.3, -0.25) is 4.79 Å². The molecule has 9 nitrogen and oxygen atoms in total. The van der Waals surface area contributed by atoms with Crippen molar-refractivity contribution >= 4 is 17.9 Å². The topological polar surface area (TPSA) is 88.1 Å². The lowest BCUT2D eigenvalue weighted by Gasteiger charge is -2.34. The van der Waals surface area contributed by atoms with Crippen molar-refractivity contribution in [3.63, 3.8) is 0 Å². The third-order valence-electron chi connectivity index (χ3n) is 4.45. The molecule has 2 amide bonds. The SMILES string of the molecule is CCOC(=O)N1CCN(c2nc(C)cc(C(=O)N3CCOCC3)n2)CC1. The van der Waals surface area contributed by atoms with E-state index in [-0.39, 0.29) is 12.0 Å². The Hall–Kier alpha value is -2.42. The highest BCUT2D eigenvalue weighted by Crippen LogP contribution is 2.15. The molecular weight excluding hydrogens is 338 g/mol. The van der Waals surface area contributed by atoms with E-state index in [0.29, 0.717) is 70.7 Å². The van der Waals surface area contributed by atoms with Gasteiger partial charge in [0.25, 0.3) is 5.91 Å². The molecule has 142 valence electrons. The standard InChI is InChI=1S/C17H25N5O4/c1-3-26-17(24)22-6-4-21(5-7-22)16-18-13(2)12-14(19-16)15(23)20-8-10-25-11-9-20/h12H,3-11H2,1-2H3. The monoisotopic (exact) mass is 363 g/mol. The van der Waals surface area contributed by atoms with Gasteiger partial charge in [-0.25, -0.2) is 14.8 Å². The number of aryl methyl sites for hydroxylation is 1. The average Bonchev–Trinajstić information content (AvgIpc) is 2.68. The van der Waals surface area contributed by atoms with Crippen molar-refractivity contribution < 1.29 is 19.1 Å². The minimum Gasteiger partial charge on any atom is -0.450 e. The molecule has 2 aliphatic heterocycles. The smallest absolute Gasteiger partial charge is 0.409 e. The number of carbonyl (C=O) groups excluding carboxylic acids is 2. The Balaban J connectivity index is 1.68. The number of morpholine rings is 1. The summed E-state index contributed by atoms with van der Waals surface area (Å²) in [7, 11) is 0. The molecule has 3 rings (SSSR count). The van der Waals surface area contributed by atoms with E-state index in [1.54, 1.807) is 22.8 Å². The number of hydrogen-bond acceptors (Lipinski definition) is 7. The van der Waals surface area contributed by atoms with Crippen molar-refractivity contribution in [3.05, 3.63) is 17.5 Å². The zero-order valence-electron chi connectivity index (χ0n) is 15.3. The predicted molar refractivity (Wildman–Crippen MR) is 94.3 cm³/mol. The van der Waals surface area contributed by atoms with Crippen LogP contribution in [-0.4, -0.2) is 90.9 Å². The first-order chi connectivity index (χ1) is 12.6. The van der Waals surface area contributed by atoms with Gasteiger partial charge in [0.2, 0.25) is 5.95 Å². The van der Waals surface area contributed by atoms with Gasteiger partial charge in [0.05, 0.1) is 19.8 Å². The quantitative estimate of drug-likeness (QED) is 0.774. The molecule has 0 saturated carbocycles. The summed E-state index contributed by atoms with van der Waals surface area (Å²) in [5.41, 5.74) is 1.15. The average molecular weight is 363 g/mol. The third-order valence-corrected chi connectivity index (χ3v) is 4.45. The van der Waals surface area contributed by atoms with Crippen LogP contribution >= 0.6 is 0 Å². The number of hydrogen-bond donors (Lipinski definition) is 0. The Morgan fingerprint density at radius 1 is 1.08 bits per heavy atom. The van der Waals surface area contributed by atoms with Gasteiger partial charge >= 0.3 is 6.09 Å². The molecule has 0 unspecified atom stereocenters. The number of aromatic nitrogens is 2. The highest BCUT2D eigenvalue weighted by atomic mass is 16.6. The number of ether oxygens (including phenoxy) is 2. The maximum absolute atomic E-state index is 12.7. The van der Waals surface area contributed by atoms with Crippen molar-refractivity contribution in [3.8, 4) is 0 Å². The molecule has 0 bridgehead atoms. The largest absolute Gasteiger partial charge is 0.450 e. The number of anilines is 1. The number of amides is 2. The van der Waals surface area contributed by atoms with Crippen molar-refractivity contribution in [2.75, 3.05) is 64.0 Å². The van der Waals surface area contributed by atoms with Gasteiger partial charge in [-0.1, -0.05) is 0 Å². The first kappa shape index (κ1) is 18.4. The molecule has 0 N–H and O–H groups in total. The van der Waals surface area contributed by atoms with Crippen LogP contribution in [0.15, 0.2) is 6.07 Å². The van der Waals surface area contributed by atoms with E-state index in [9.17, 15) is 9.59 Å². The van der Waals surface area contributed by atoms with Crippen LogP contribution in [0.2, 0.25) is 0 Å². The normalized spacial score (nSPS) is 18.0. The second-order valence-corrected chi connectivity index (χ2v) is 6.27. The zero-order valence-corrected chi connectivity index (χ0v) is 15.3. The molecule has 0 aromatic carbocycles. The minimum absolute atomic E-state index is 0.0924. The molecule has 0 aliphatic carbocycles. The molecule has 2 fully saturated rings. The van der Waals surface area contributed by atoms with Crippen LogP contribution in [0.4, 0.5) is 10.7 Å². The van der Waals surface area contributed by atoms with E-state index < -0.39 is 0 Å². The van der Waals surface area contributed by atoms with Crippen molar-refractivity contribution in [2.45, 2.75) is 13.8 Å². The molecule has 2 saturated heterocycles. The highest BCUT2D eigenvalue weighted by Gasteiger charge is 2.25. The van der Waals surface area contributed by atoms with E-state index in [4.69, 9.17) is 9.47 Å². The fraction of sp³-hybridized carbons (Fsp3) is 0.647. The Morgan fingerprint density at radius 2 is 1.77 bits per heavy atom. The summed E-state index contributed by atoms with van der Waals surface area (Å²) in [5, 5.41) is 0. The molecule has 0 radical (unpaired) electrons. The first-order valence-electron chi connectivity index (χ1n) is 8.98. The summed E-state index contributed by atoms with van der Waals surface area (Å²) >= 11 is 0. The summed E-state index contributed by atoms with van der Waals surface area (Å²) in [6, 6.07) is 1.72. The maximum atomic E-state index is 12.7. The molecule has 2 aliphatic rings. The first-order valence-corrected chi connectivity index (χ1v) is 8.98. The summed E-state index contributed by atoms with van der Waals surface area (Å²) in [6.07, 6.45) is -0.291. The Kier molecular flexibility index (Phi) is 5.87. The van der Waals surface area contributed by atoms with Gasteiger partial charge in [0.1, 0.15) is 5.69 Å². The van der Waals surface area contributed by atoms with E-state index in [0.717, 1.165) is 5.69 Å². The van der Waals surface area contributed by atoms with Crippen LogP contribution in [0.1, 0.15) is 23.1 Å². The van der Waals surface area contributed by atoms with E-state index in [2.05, 4.69) is 9.97 Å². The van der Waals surface area contributed by atoms with Gasteiger partial charge in [0, 0.05) is 45.0 Å². The van der Waals surface area contributed by atoms with Gasteiger partial charge in [-0.05, 0) is 19.9 Å². The van der Waals surface area contributed by atoms with Crippen molar-refractivity contribution in [1.29, 1.82) is 0 Å². The second-order valence-electron chi connectivity index (χ2n) is 6.27. The fourth-order valence-electron chi connectivity index (χ4n) is 3.04. The Morgan fingerprint density at radius 3 is 2.42 bits per heavy atom. The minimum atomic E-state index is -0.291. The van der Waals surface area contributed by atoms with Crippen LogP contribution in [0.3, 0.4) is 0 Å². The molecule has 1 aromatic rings. The summed E-state index contributed by atoms with van der Waals surface area (Å²) < 4.78 is 10.3. The number of nitrogens with zero attached hydrogens (tertiary/aromatic N) is 5. The zero-order chi connectivity index (χ0) is 18.5. The van der Waals surface area contributed by atoms with Gasteiger partial charge in [-0.15, -0.1) is 0 Å². The lowest BCUT2D eigenvalue weighted by Crippen LogP contribution is -2.49. The van der Waals surface area contributed by atoms with Crippen LogP contribution in [0.5, 0.6) is 0 Å². The van der Waals surface area contributed by atoms with Gasteiger partial charge < -0.3 is 24.2 Å². The molecule has 0 spiro atoms. The predicted octanol–water partition coefficient (Wildman–Crippen LogP) is 0.536. The lowest BCUT2D eigenvalue weighted by atomic mass is 10.2. The fourth-order valence-corrected chi connectivity index (χ4v) is 3.04. The van der Waals surface area contributed by atoms with Gasteiger partial charge in [-0.2, -0.15) is 0 Å². The van der Waals surface area contributed by atoms with E-state index >= 15 is 0 Å². The van der Waals surface area contributed by atoms with E-state index in [1.807, 2.05) is 11.8 Å². The molecular formula is C17H25N5O4. The molecule has 1 aromatic heterocycles. The number of carbonyl (C=O) groups is 2. The van der Waals surface area contributed by atoms with Crippen LogP contribution in [-0.2, 0) is 9.47 Å². The van der Waals surface area contributed by atoms with Gasteiger partial charge in [0.15, 0.2) is 0 Å². The lowest BCUT2D eigenvalue weighted by molar-refractivity contribution is 0.0299. The number of piperazine rings is 1. The van der Waals surface area contributed by atoms with Crippen molar-refractivity contribution in [2.24, 2.45) is 0 Å². The molecule has 9 heteroatoms. The molecule has 26 heavy (non-hydrogen) atoms. The summed E-state index contributed by atoms with van der Waals surface area (Å²) in [5.74, 6) is 0.440. The summed E-state index contributed by atoms with van der Waals surface area (Å²) in [4.78, 5) is 38.9. The summed E-state index contributed by atoms with van der Waals surface area (Å²) in [6.45, 7) is 8.58. The Labute approximate surface area is 152 Å². The van der Waals surface area contributed by atoms with Crippen LogP contribution in [0, 0.1) is 6.92 Å². The van der Waals surface area contributed by atoms with E-state index in [1.165, 1.54) is 0 Å².